The van der Waals surface area contributed by atoms with Crippen molar-refractivity contribution in [3.8, 4) is 11.5 Å². The number of benzene rings is 2. The summed E-state index contributed by atoms with van der Waals surface area (Å²) < 4.78 is 26.8. The molecule has 0 spiro atoms. The Morgan fingerprint density at radius 1 is 1.06 bits per heavy atom. The molecule has 0 heterocycles. The van der Waals surface area contributed by atoms with Crippen LogP contribution in [0.4, 0.5) is 0 Å². The quantitative estimate of drug-likeness (QED) is 0.606. The Balaban J connectivity index is 0.00000162. The third kappa shape index (κ3) is 4.09. The average Bonchev–Trinajstić information content (AvgIpc) is 2.33. The van der Waals surface area contributed by atoms with Gasteiger partial charge in [-0.05, 0) is 47.5 Å². The summed E-state index contributed by atoms with van der Waals surface area (Å²) in [5.74, 6) is 1.07. The number of ether oxygens (including phenoxy) is 1. The second-order valence-electron chi connectivity index (χ2n) is 3.24. The molecule has 0 aliphatic carbocycles. The molecule has 1 atom stereocenters. The zero-order valence-electron chi connectivity index (χ0n) is 9.63. The smallest absolute Gasteiger partial charge is 0.768 e. The van der Waals surface area contributed by atoms with E-state index in [4.69, 9.17) is 16.3 Å². The van der Waals surface area contributed by atoms with Gasteiger partial charge in [0.15, 0.2) is 0 Å². The first-order valence-corrected chi connectivity index (χ1v) is 6.24. The standard InChI is InChI=1S/C12H9ClO3S.Na/c13-11-3-1-2-4-12(11)16-9-5-7-10(8-6-9)17(14)15;/h1-8H,(H,14,15);/q;+1/p-1. The predicted molar refractivity (Wildman–Crippen MR) is 65.2 cm³/mol. The van der Waals surface area contributed by atoms with Gasteiger partial charge in [-0.15, -0.1) is 0 Å². The Bertz CT molecular complexity index is 545. The molecule has 18 heavy (non-hydrogen) atoms. The Hall–Kier alpha value is -0.360. The summed E-state index contributed by atoms with van der Waals surface area (Å²) in [5.41, 5.74) is 0. The van der Waals surface area contributed by atoms with E-state index in [1.165, 1.54) is 12.1 Å². The van der Waals surface area contributed by atoms with Crippen LogP contribution in [0.2, 0.25) is 5.02 Å². The first-order chi connectivity index (χ1) is 8.16. The zero-order valence-corrected chi connectivity index (χ0v) is 13.2. The average molecular weight is 291 g/mol. The van der Waals surface area contributed by atoms with Crippen LogP contribution in [-0.4, -0.2) is 8.76 Å². The van der Waals surface area contributed by atoms with Crippen molar-refractivity contribution in [2.75, 3.05) is 0 Å². The molecule has 2 aromatic rings. The molecule has 0 aliphatic rings. The Morgan fingerprint density at radius 2 is 1.67 bits per heavy atom. The molecular formula is C12H8ClNaO3S. The normalized spacial score (nSPS) is 11.4. The predicted octanol–water partition coefficient (Wildman–Crippen LogP) is 0.374. The second-order valence-corrected chi connectivity index (χ2v) is 4.59. The van der Waals surface area contributed by atoms with Crippen molar-refractivity contribution in [3.05, 3.63) is 53.6 Å². The minimum atomic E-state index is -2.22. The first kappa shape index (κ1) is 15.7. The molecule has 0 saturated carbocycles. The molecule has 0 radical (unpaired) electrons. The van der Waals surface area contributed by atoms with Gasteiger partial charge >= 0.3 is 29.6 Å². The minimum absolute atomic E-state index is 0. The molecule has 0 N–H and O–H groups in total. The van der Waals surface area contributed by atoms with Crippen molar-refractivity contribution >= 4 is 22.7 Å². The molecule has 2 aromatic carbocycles. The molecule has 0 saturated heterocycles. The maximum Gasteiger partial charge on any atom is 1.00 e. The summed E-state index contributed by atoms with van der Waals surface area (Å²) in [7, 11) is 0. The van der Waals surface area contributed by atoms with Crippen LogP contribution in [0.25, 0.3) is 0 Å². The SMILES string of the molecule is O=S([O-])c1ccc(Oc2ccccc2Cl)cc1.[Na+]. The molecule has 1 unspecified atom stereocenters. The molecule has 0 fully saturated rings. The minimum Gasteiger partial charge on any atom is -0.768 e. The van der Waals surface area contributed by atoms with Gasteiger partial charge in [0.2, 0.25) is 0 Å². The largest absolute Gasteiger partial charge is 1.00 e. The van der Waals surface area contributed by atoms with Crippen molar-refractivity contribution in [2.45, 2.75) is 4.90 Å². The molecule has 0 aromatic heterocycles. The molecule has 3 nitrogen and oxygen atoms in total. The van der Waals surface area contributed by atoms with Gasteiger partial charge in [-0.25, -0.2) is 0 Å². The maximum atomic E-state index is 10.7. The van der Waals surface area contributed by atoms with Crippen LogP contribution in [0.1, 0.15) is 0 Å². The van der Waals surface area contributed by atoms with Gasteiger partial charge in [0.25, 0.3) is 0 Å². The topological polar surface area (TPSA) is 49.4 Å². The third-order valence-corrected chi connectivity index (χ3v) is 3.05. The van der Waals surface area contributed by atoms with Gasteiger partial charge < -0.3 is 9.29 Å². The maximum absolute atomic E-state index is 10.7. The van der Waals surface area contributed by atoms with Gasteiger partial charge in [0.1, 0.15) is 11.5 Å². The summed E-state index contributed by atoms with van der Waals surface area (Å²) in [6, 6.07) is 13.2. The van der Waals surface area contributed by atoms with E-state index in [9.17, 15) is 8.76 Å². The van der Waals surface area contributed by atoms with E-state index in [1.54, 1.807) is 30.3 Å². The number of halogens is 1. The van der Waals surface area contributed by atoms with Gasteiger partial charge in [0.05, 0.1) is 5.02 Å². The van der Waals surface area contributed by atoms with Crippen LogP contribution in [0, 0.1) is 0 Å². The van der Waals surface area contributed by atoms with Crippen molar-refractivity contribution in [3.63, 3.8) is 0 Å². The monoisotopic (exact) mass is 290 g/mol. The molecule has 0 bridgehead atoms. The summed E-state index contributed by atoms with van der Waals surface area (Å²) in [4.78, 5) is 0.219. The van der Waals surface area contributed by atoms with Crippen molar-refractivity contribution < 1.29 is 43.1 Å². The van der Waals surface area contributed by atoms with Crippen molar-refractivity contribution in [1.29, 1.82) is 0 Å². The van der Waals surface area contributed by atoms with E-state index in [0.29, 0.717) is 16.5 Å². The van der Waals surface area contributed by atoms with Gasteiger partial charge in [-0.2, -0.15) is 0 Å². The van der Waals surface area contributed by atoms with Gasteiger partial charge in [0, 0.05) is 4.90 Å². The van der Waals surface area contributed by atoms with E-state index in [-0.39, 0.29) is 34.5 Å². The van der Waals surface area contributed by atoms with Gasteiger partial charge in [-0.3, -0.25) is 4.21 Å². The van der Waals surface area contributed by atoms with Gasteiger partial charge in [-0.1, -0.05) is 23.7 Å². The van der Waals surface area contributed by atoms with Crippen molar-refractivity contribution in [2.24, 2.45) is 0 Å². The van der Waals surface area contributed by atoms with Crippen LogP contribution in [0.3, 0.4) is 0 Å². The fourth-order valence-electron chi connectivity index (χ4n) is 1.27. The van der Waals surface area contributed by atoms with Crippen LogP contribution in [-0.2, 0) is 11.1 Å². The van der Waals surface area contributed by atoms with Crippen LogP contribution >= 0.6 is 11.6 Å². The summed E-state index contributed by atoms with van der Waals surface area (Å²) in [5, 5.41) is 0.504. The molecule has 0 aliphatic heterocycles. The fourth-order valence-corrected chi connectivity index (χ4v) is 1.81. The molecule has 88 valence electrons. The van der Waals surface area contributed by atoms with E-state index in [0.717, 1.165) is 0 Å². The Kier molecular flexibility index (Phi) is 6.35. The van der Waals surface area contributed by atoms with E-state index in [2.05, 4.69) is 0 Å². The van der Waals surface area contributed by atoms with Crippen LogP contribution < -0.4 is 34.3 Å². The van der Waals surface area contributed by atoms with Crippen LogP contribution in [0.5, 0.6) is 11.5 Å². The molecule has 0 amide bonds. The van der Waals surface area contributed by atoms with Crippen LogP contribution in [0.15, 0.2) is 53.4 Å². The summed E-state index contributed by atoms with van der Waals surface area (Å²) in [6.07, 6.45) is 0. The number of hydrogen-bond acceptors (Lipinski definition) is 3. The fraction of sp³-hybridized carbons (Fsp3) is 0. The number of para-hydroxylation sites is 1. The Labute approximate surface area is 135 Å². The summed E-state index contributed by atoms with van der Waals surface area (Å²) >= 11 is 3.71. The first-order valence-electron chi connectivity index (χ1n) is 4.78. The molecule has 2 rings (SSSR count). The third-order valence-electron chi connectivity index (χ3n) is 2.08. The van der Waals surface area contributed by atoms with Crippen molar-refractivity contribution in [1.82, 2.24) is 0 Å². The van der Waals surface area contributed by atoms with E-state index in [1.807, 2.05) is 6.07 Å². The molecule has 6 heteroatoms. The van der Waals surface area contributed by atoms with E-state index < -0.39 is 11.1 Å². The van der Waals surface area contributed by atoms with E-state index >= 15 is 0 Å². The number of hydrogen-bond donors (Lipinski definition) is 0. The number of rotatable bonds is 3. The Morgan fingerprint density at radius 3 is 2.22 bits per heavy atom. The molecular weight excluding hydrogens is 283 g/mol. The summed E-state index contributed by atoms with van der Waals surface area (Å²) in [6.45, 7) is 0. The zero-order chi connectivity index (χ0) is 12.3. The second kappa shape index (κ2) is 7.28.